The predicted octanol–water partition coefficient (Wildman–Crippen LogP) is 3.13. The minimum atomic E-state index is -4.70. The number of hydrogen-bond acceptors (Lipinski definition) is 4. The van der Waals surface area contributed by atoms with Crippen molar-refractivity contribution in [1.82, 2.24) is 5.32 Å². The number of nitrogens with one attached hydrogen (secondary N) is 1. The van der Waals surface area contributed by atoms with E-state index >= 15 is 0 Å². The van der Waals surface area contributed by atoms with Gasteiger partial charge in [-0.05, 0) is 31.9 Å². The van der Waals surface area contributed by atoms with Gasteiger partial charge in [-0.1, -0.05) is 18.2 Å². The fraction of sp³-hybridized carbons (Fsp3) is 0.400. The van der Waals surface area contributed by atoms with Gasteiger partial charge in [0.05, 0.1) is 22.1 Å². The third-order valence-electron chi connectivity index (χ3n) is 4.10. The summed E-state index contributed by atoms with van der Waals surface area (Å²) in [6.45, 7) is 2.58. The zero-order chi connectivity index (χ0) is 18.3. The lowest BCUT2D eigenvalue weighted by Crippen LogP contribution is -2.53. The summed E-state index contributed by atoms with van der Waals surface area (Å²) in [7, 11) is 0. The number of carboxylic acids is 1. The number of benzene rings is 1. The number of allylic oxidation sites excluding steroid dienone is 2. The molecule has 1 aliphatic heterocycles. The van der Waals surface area contributed by atoms with Gasteiger partial charge in [-0.25, -0.2) is 4.79 Å². The first-order valence-electron chi connectivity index (χ1n) is 7.00. The van der Waals surface area contributed by atoms with Crippen LogP contribution in [0.4, 0.5) is 13.2 Å². The summed E-state index contributed by atoms with van der Waals surface area (Å²) >= 11 is 0. The lowest BCUT2D eigenvalue weighted by Gasteiger charge is -2.36. The van der Waals surface area contributed by atoms with E-state index < -0.39 is 39.8 Å². The Hall–Kier alpha value is -2.58. The molecule has 9 heteroatoms. The summed E-state index contributed by atoms with van der Waals surface area (Å²) in [6.07, 6.45) is -5.07. The van der Waals surface area contributed by atoms with Crippen molar-refractivity contribution in [2.75, 3.05) is 0 Å². The second kappa shape index (κ2) is 5.81. The van der Waals surface area contributed by atoms with Crippen molar-refractivity contribution in [3.05, 3.63) is 56.9 Å². The summed E-state index contributed by atoms with van der Waals surface area (Å²) in [4.78, 5) is 22.1. The molecule has 0 radical (unpaired) electrons. The van der Waals surface area contributed by atoms with E-state index in [0.717, 1.165) is 12.1 Å². The molecule has 0 saturated carbocycles. The number of rotatable bonds is 3. The zero-order valence-electron chi connectivity index (χ0n) is 12.8. The van der Waals surface area contributed by atoms with Crippen LogP contribution in [0.25, 0.3) is 0 Å². The lowest BCUT2D eigenvalue weighted by molar-refractivity contribution is -0.433. The lowest BCUT2D eigenvalue weighted by atomic mass is 9.77. The highest BCUT2D eigenvalue weighted by atomic mass is 19.4. The third kappa shape index (κ3) is 3.06. The fourth-order valence-electron chi connectivity index (χ4n) is 3.02. The summed E-state index contributed by atoms with van der Waals surface area (Å²) in [6, 6.07) is 4.52. The molecule has 1 aromatic carbocycles. The van der Waals surface area contributed by atoms with E-state index in [-0.39, 0.29) is 17.7 Å². The monoisotopic (exact) mass is 344 g/mol. The molecule has 2 atom stereocenters. The Kier molecular flexibility index (Phi) is 4.30. The van der Waals surface area contributed by atoms with E-state index in [2.05, 4.69) is 5.32 Å². The molecule has 0 spiro atoms. The van der Waals surface area contributed by atoms with Crippen LogP contribution in [0, 0.1) is 10.1 Å². The van der Waals surface area contributed by atoms with Crippen molar-refractivity contribution < 1.29 is 28.0 Å². The van der Waals surface area contributed by atoms with Crippen molar-refractivity contribution in [3.63, 3.8) is 0 Å². The Morgan fingerprint density at radius 3 is 2.50 bits per heavy atom. The molecule has 1 aliphatic rings. The normalized spacial score (nSPS) is 24.5. The number of aliphatic carboxylic acids is 1. The van der Waals surface area contributed by atoms with Gasteiger partial charge in [-0.3, -0.25) is 10.1 Å². The van der Waals surface area contributed by atoms with Crippen LogP contribution in [0.3, 0.4) is 0 Å². The topological polar surface area (TPSA) is 92.5 Å². The van der Waals surface area contributed by atoms with Gasteiger partial charge in [-0.2, -0.15) is 13.2 Å². The average Bonchev–Trinajstić information content (AvgIpc) is 2.44. The largest absolute Gasteiger partial charge is 0.480 e. The summed E-state index contributed by atoms with van der Waals surface area (Å²) in [5.74, 6) is -2.58. The van der Waals surface area contributed by atoms with E-state index in [1.807, 2.05) is 0 Å². The molecule has 0 fully saturated rings. The minimum absolute atomic E-state index is 0.0573. The number of halogens is 3. The van der Waals surface area contributed by atoms with Gasteiger partial charge >= 0.3 is 12.1 Å². The molecule has 0 saturated heterocycles. The van der Waals surface area contributed by atoms with Gasteiger partial charge in [0.25, 0.3) is 5.70 Å². The first-order valence-corrected chi connectivity index (χ1v) is 7.00. The molecule has 2 rings (SSSR count). The molecule has 0 bridgehead atoms. The summed E-state index contributed by atoms with van der Waals surface area (Å²) < 4.78 is 39.8. The van der Waals surface area contributed by atoms with Crippen molar-refractivity contribution in [1.29, 1.82) is 0 Å². The Morgan fingerprint density at radius 2 is 2.00 bits per heavy atom. The molecule has 0 aliphatic carbocycles. The van der Waals surface area contributed by atoms with Crippen LogP contribution in [-0.4, -0.2) is 21.5 Å². The Labute approximate surface area is 135 Å². The smallest absolute Gasteiger partial charge is 0.416 e. The molecule has 6 nitrogen and oxygen atoms in total. The van der Waals surface area contributed by atoms with Crippen molar-refractivity contribution in [2.24, 2.45) is 0 Å². The van der Waals surface area contributed by atoms with Crippen LogP contribution in [-0.2, 0) is 11.0 Å². The Balaban J connectivity index is 2.68. The maximum absolute atomic E-state index is 13.3. The van der Waals surface area contributed by atoms with Gasteiger partial charge in [-0.15, -0.1) is 0 Å². The van der Waals surface area contributed by atoms with E-state index in [9.17, 15) is 33.2 Å². The SMILES string of the molecule is CC1=C([N+](=O)[O-])C(c2ccccc2C(F)(F)F)CC(C)(C(=O)O)N1. The number of carboxylic acid groups (broad SMARTS) is 1. The van der Waals surface area contributed by atoms with Crippen molar-refractivity contribution >= 4 is 5.97 Å². The Bertz CT molecular complexity index is 730. The fourth-order valence-corrected chi connectivity index (χ4v) is 3.02. The van der Waals surface area contributed by atoms with Gasteiger partial charge in [0.1, 0.15) is 5.54 Å². The van der Waals surface area contributed by atoms with Crippen molar-refractivity contribution in [3.8, 4) is 0 Å². The highest BCUT2D eigenvalue weighted by Crippen LogP contribution is 2.43. The standard InChI is InChI=1S/C15H15F3N2O4/c1-8-12(20(23)24)10(7-14(2,19-8)13(21)22)9-5-3-4-6-11(9)15(16,17)18/h3-6,10,19H,7H2,1-2H3,(H,21,22). The third-order valence-corrected chi connectivity index (χ3v) is 4.10. The van der Waals surface area contributed by atoms with Crippen LogP contribution in [0.5, 0.6) is 0 Å². The molecule has 130 valence electrons. The molecule has 0 aromatic heterocycles. The molecule has 2 N–H and O–H groups in total. The van der Waals surface area contributed by atoms with E-state index in [1.54, 1.807) is 0 Å². The van der Waals surface area contributed by atoms with Gasteiger partial charge < -0.3 is 10.4 Å². The number of hydrogen-bond donors (Lipinski definition) is 2. The Morgan fingerprint density at radius 1 is 1.42 bits per heavy atom. The maximum atomic E-state index is 13.3. The maximum Gasteiger partial charge on any atom is 0.416 e. The van der Waals surface area contributed by atoms with Gasteiger partial charge in [0.15, 0.2) is 0 Å². The molecule has 24 heavy (non-hydrogen) atoms. The van der Waals surface area contributed by atoms with Gasteiger partial charge in [0, 0.05) is 0 Å². The second-order valence-corrected chi connectivity index (χ2v) is 5.87. The van der Waals surface area contributed by atoms with Crippen molar-refractivity contribution in [2.45, 2.75) is 37.9 Å². The van der Waals surface area contributed by atoms with Gasteiger partial charge in [0.2, 0.25) is 0 Å². The highest BCUT2D eigenvalue weighted by Gasteiger charge is 2.48. The number of nitrogens with zero attached hydrogens (tertiary/aromatic N) is 1. The van der Waals surface area contributed by atoms with Crippen LogP contribution in [0.1, 0.15) is 37.3 Å². The molecular weight excluding hydrogens is 329 g/mol. The molecule has 2 unspecified atom stereocenters. The predicted molar refractivity (Wildman–Crippen MR) is 77.7 cm³/mol. The van der Waals surface area contributed by atoms with E-state index in [1.165, 1.54) is 26.0 Å². The first-order chi connectivity index (χ1) is 11.0. The number of nitro groups is 1. The zero-order valence-corrected chi connectivity index (χ0v) is 12.8. The first kappa shape index (κ1) is 17.8. The van der Waals surface area contributed by atoms with E-state index in [4.69, 9.17) is 0 Å². The quantitative estimate of drug-likeness (QED) is 0.649. The molecule has 0 amide bonds. The average molecular weight is 344 g/mol. The number of alkyl halides is 3. The highest BCUT2D eigenvalue weighted by molar-refractivity contribution is 5.79. The summed E-state index contributed by atoms with van der Waals surface area (Å²) in [5, 5.41) is 23.3. The van der Waals surface area contributed by atoms with Crippen LogP contribution in [0.2, 0.25) is 0 Å². The number of carbonyl (C=O) groups is 1. The second-order valence-electron chi connectivity index (χ2n) is 5.87. The minimum Gasteiger partial charge on any atom is -0.480 e. The molecule has 1 aromatic rings. The van der Waals surface area contributed by atoms with Crippen LogP contribution >= 0.6 is 0 Å². The molecule has 1 heterocycles. The van der Waals surface area contributed by atoms with Crippen LogP contribution < -0.4 is 5.32 Å². The molecular formula is C15H15F3N2O4. The van der Waals surface area contributed by atoms with Crippen LogP contribution in [0.15, 0.2) is 35.7 Å². The van der Waals surface area contributed by atoms with E-state index in [0.29, 0.717) is 0 Å². The summed E-state index contributed by atoms with van der Waals surface area (Å²) in [5.41, 5.74) is -3.42.